The second kappa shape index (κ2) is 4.41. The molecule has 2 rings (SSSR count). The van der Waals surface area contributed by atoms with Crippen LogP contribution < -0.4 is 0 Å². The van der Waals surface area contributed by atoms with Crippen molar-refractivity contribution in [3.8, 4) is 0 Å². The van der Waals surface area contributed by atoms with Crippen LogP contribution in [-0.4, -0.2) is 5.78 Å². The Balaban J connectivity index is 1.70. The summed E-state index contributed by atoms with van der Waals surface area (Å²) in [6.45, 7) is 0. The van der Waals surface area contributed by atoms with E-state index in [0.29, 0.717) is 11.7 Å². The number of ketones is 1. The Bertz CT molecular complexity index is 298. The molecule has 0 amide bonds. The van der Waals surface area contributed by atoms with Gasteiger partial charge in [-0.3, -0.25) is 4.79 Å². The van der Waals surface area contributed by atoms with Gasteiger partial charge in [-0.05, 0) is 31.2 Å². The molecule has 0 bridgehead atoms. The average Bonchev–Trinajstić information content (AvgIpc) is 3.02. The quantitative estimate of drug-likeness (QED) is 0.694. The highest BCUT2D eigenvalue weighted by Gasteiger charge is 2.28. The molecule has 0 spiro atoms. The van der Waals surface area contributed by atoms with Crippen LogP contribution in [0.4, 0.5) is 0 Å². The molecule has 0 saturated heterocycles. The van der Waals surface area contributed by atoms with Crippen LogP contribution in [0.15, 0.2) is 30.3 Å². The summed E-state index contributed by atoms with van der Waals surface area (Å²) in [5, 5.41) is 0. The summed E-state index contributed by atoms with van der Waals surface area (Å²) >= 11 is 0. The first kappa shape index (κ1) is 9.45. The molecule has 1 aliphatic rings. The minimum absolute atomic E-state index is 0.436. The number of rotatable bonds is 5. The number of Topliss-reactive ketones (excluding diaryl/α,β-unsaturated/α-hetero) is 1. The zero-order valence-corrected chi connectivity index (χ0v) is 8.41. The van der Waals surface area contributed by atoms with Crippen LogP contribution in [0.5, 0.6) is 0 Å². The Morgan fingerprint density at radius 3 is 2.57 bits per heavy atom. The number of carbonyl (C=O) groups excluding carboxylic acids is 1. The monoisotopic (exact) mass is 188 g/mol. The van der Waals surface area contributed by atoms with Crippen molar-refractivity contribution in [2.75, 3.05) is 0 Å². The highest BCUT2D eigenvalue weighted by Crippen LogP contribution is 2.31. The van der Waals surface area contributed by atoms with Gasteiger partial charge in [-0.15, -0.1) is 0 Å². The van der Waals surface area contributed by atoms with Crippen molar-refractivity contribution in [2.24, 2.45) is 5.92 Å². The minimum atomic E-state index is 0.436. The van der Waals surface area contributed by atoms with Gasteiger partial charge in [0.2, 0.25) is 0 Å². The fourth-order valence-electron chi connectivity index (χ4n) is 1.72. The fourth-order valence-corrected chi connectivity index (χ4v) is 1.72. The van der Waals surface area contributed by atoms with Crippen molar-refractivity contribution in [3.05, 3.63) is 35.9 Å². The molecule has 1 fully saturated rings. The molecule has 0 atom stereocenters. The third kappa shape index (κ3) is 2.69. The Hall–Kier alpha value is -1.11. The molecular weight excluding hydrogens is 172 g/mol. The van der Waals surface area contributed by atoms with Gasteiger partial charge in [-0.1, -0.05) is 30.3 Å². The van der Waals surface area contributed by atoms with E-state index in [2.05, 4.69) is 24.3 Å². The normalized spacial score (nSPS) is 15.4. The van der Waals surface area contributed by atoms with Crippen LogP contribution in [-0.2, 0) is 11.2 Å². The van der Waals surface area contributed by atoms with Gasteiger partial charge in [0, 0.05) is 12.3 Å². The molecule has 1 nitrogen and oxygen atoms in total. The maximum absolute atomic E-state index is 11.4. The van der Waals surface area contributed by atoms with E-state index in [0.717, 1.165) is 32.1 Å². The lowest BCUT2D eigenvalue weighted by molar-refractivity contribution is -0.120. The van der Waals surface area contributed by atoms with Crippen LogP contribution in [0.3, 0.4) is 0 Å². The first-order valence-electron chi connectivity index (χ1n) is 5.43. The summed E-state index contributed by atoms with van der Waals surface area (Å²) in [4.78, 5) is 11.4. The van der Waals surface area contributed by atoms with Gasteiger partial charge >= 0.3 is 0 Å². The van der Waals surface area contributed by atoms with E-state index >= 15 is 0 Å². The molecule has 0 aliphatic heterocycles. The van der Waals surface area contributed by atoms with Crippen molar-refractivity contribution in [2.45, 2.75) is 32.1 Å². The third-order valence-corrected chi connectivity index (χ3v) is 2.76. The highest BCUT2D eigenvalue weighted by molar-refractivity contribution is 5.83. The molecular formula is C13H16O. The van der Waals surface area contributed by atoms with Crippen molar-refractivity contribution < 1.29 is 4.79 Å². The van der Waals surface area contributed by atoms with Gasteiger partial charge in [-0.25, -0.2) is 0 Å². The predicted molar refractivity (Wildman–Crippen MR) is 57.1 cm³/mol. The molecule has 14 heavy (non-hydrogen) atoms. The molecule has 74 valence electrons. The molecule has 1 aromatic rings. The third-order valence-electron chi connectivity index (χ3n) is 2.76. The molecule has 1 saturated carbocycles. The molecule has 0 unspecified atom stereocenters. The van der Waals surface area contributed by atoms with E-state index < -0.39 is 0 Å². The summed E-state index contributed by atoms with van der Waals surface area (Å²) in [6.07, 6.45) is 5.12. The standard InChI is InChI=1S/C13H16O/c14-13(12-9-10-12)8-4-7-11-5-2-1-3-6-11/h1-3,5-6,12H,4,7-10H2. The lowest BCUT2D eigenvalue weighted by atomic mass is 10.1. The van der Waals surface area contributed by atoms with E-state index in [1.54, 1.807) is 0 Å². The topological polar surface area (TPSA) is 17.1 Å². The van der Waals surface area contributed by atoms with Crippen molar-refractivity contribution >= 4 is 5.78 Å². The predicted octanol–water partition coefficient (Wildman–Crippen LogP) is 2.99. The first-order valence-corrected chi connectivity index (χ1v) is 5.43. The van der Waals surface area contributed by atoms with Gasteiger partial charge in [0.15, 0.2) is 0 Å². The summed E-state index contributed by atoms with van der Waals surface area (Å²) < 4.78 is 0. The first-order chi connectivity index (χ1) is 6.86. The fraction of sp³-hybridized carbons (Fsp3) is 0.462. The highest BCUT2D eigenvalue weighted by atomic mass is 16.1. The second-order valence-corrected chi connectivity index (χ2v) is 4.08. The smallest absolute Gasteiger partial charge is 0.135 e. The van der Waals surface area contributed by atoms with Crippen LogP contribution in [0.1, 0.15) is 31.2 Å². The van der Waals surface area contributed by atoms with E-state index in [9.17, 15) is 4.79 Å². The van der Waals surface area contributed by atoms with Gasteiger partial charge < -0.3 is 0 Å². The number of hydrogen-bond donors (Lipinski definition) is 0. The van der Waals surface area contributed by atoms with Gasteiger partial charge in [0.1, 0.15) is 5.78 Å². The van der Waals surface area contributed by atoms with Gasteiger partial charge in [-0.2, -0.15) is 0 Å². The van der Waals surface area contributed by atoms with Crippen LogP contribution in [0.2, 0.25) is 0 Å². The largest absolute Gasteiger partial charge is 0.299 e. The Labute approximate surface area is 85.1 Å². The van der Waals surface area contributed by atoms with Crippen molar-refractivity contribution in [1.29, 1.82) is 0 Å². The Kier molecular flexibility index (Phi) is 2.97. The Morgan fingerprint density at radius 1 is 1.21 bits per heavy atom. The number of benzene rings is 1. The zero-order valence-electron chi connectivity index (χ0n) is 8.41. The molecule has 0 aromatic heterocycles. The van der Waals surface area contributed by atoms with E-state index in [-0.39, 0.29) is 0 Å². The van der Waals surface area contributed by atoms with Crippen LogP contribution in [0.25, 0.3) is 0 Å². The van der Waals surface area contributed by atoms with Crippen LogP contribution in [0, 0.1) is 5.92 Å². The molecule has 0 radical (unpaired) electrons. The summed E-state index contributed by atoms with van der Waals surface area (Å²) in [7, 11) is 0. The summed E-state index contributed by atoms with van der Waals surface area (Å²) in [6, 6.07) is 10.4. The second-order valence-electron chi connectivity index (χ2n) is 4.08. The zero-order chi connectivity index (χ0) is 9.80. The van der Waals surface area contributed by atoms with Crippen molar-refractivity contribution in [3.63, 3.8) is 0 Å². The molecule has 0 N–H and O–H groups in total. The minimum Gasteiger partial charge on any atom is -0.299 e. The molecule has 1 heteroatoms. The summed E-state index contributed by atoms with van der Waals surface area (Å²) in [5.74, 6) is 0.923. The Morgan fingerprint density at radius 2 is 1.93 bits per heavy atom. The molecule has 1 aliphatic carbocycles. The van der Waals surface area contributed by atoms with Crippen LogP contribution >= 0.6 is 0 Å². The van der Waals surface area contributed by atoms with E-state index in [4.69, 9.17) is 0 Å². The average molecular weight is 188 g/mol. The lowest BCUT2D eigenvalue weighted by Crippen LogP contribution is -2.00. The van der Waals surface area contributed by atoms with E-state index in [1.807, 2.05) is 6.07 Å². The number of carbonyl (C=O) groups is 1. The number of hydrogen-bond acceptors (Lipinski definition) is 1. The van der Waals surface area contributed by atoms with E-state index in [1.165, 1.54) is 5.56 Å². The van der Waals surface area contributed by atoms with Crippen molar-refractivity contribution in [1.82, 2.24) is 0 Å². The molecule has 1 aromatic carbocycles. The summed E-state index contributed by atoms with van der Waals surface area (Å²) in [5.41, 5.74) is 1.34. The maximum atomic E-state index is 11.4. The SMILES string of the molecule is O=C(CCCc1ccccc1)C1CC1. The maximum Gasteiger partial charge on any atom is 0.135 e. The lowest BCUT2D eigenvalue weighted by Gasteiger charge is -2.00. The van der Waals surface area contributed by atoms with Gasteiger partial charge in [0.05, 0.1) is 0 Å². The van der Waals surface area contributed by atoms with Gasteiger partial charge in [0.25, 0.3) is 0 Å². The molecule has 0 heterocycles. The number of aryl methyl sites for hydroxylation is 1.